The van der Waals surface area contributed by atoms with Crippen LogP contribution in [0.15, 0.2) is 18.6 Å². The van der Waals surface area contributed by atoms with E-state index in [1.165, 1.54) is 0 Å². The first-order valence-corrected chi connectivity index (χ1v) is 6.65. The topological polar surface area (TPSA) is 78.5 Å². The van der Waals surface area contributed by atoms with E-state index in [0.717, 1.165) is 23.8 Å². The zero-order valence-corrected chi connectivity index (χ0v) is 11.3. The van der Waals surface area contributed by atoms with Crippen molar-refractivity contribution in [3.8, 4) is 6.07 Å². The highest BCUT2D eigenvalue weighted by Crippen LogP contribution is 2.22. The van der Waals surface area contributed by atoms with E-state index in [-0.39, 0.29) is 0 Å². The Morgan fingerprint density at radius 3 is 3.30 bits per heavy atom. The average molecular weight is 272 g/mol. The molecule has 1 aliphatic heterocycles. The number of ether oxygens (including phenoxy) is 1. The first-order chi connectivity index (χ1) is 9.81. The van der Waals surface area contributed by atoms with Crippen LogP contribution in [0.1, 0.15) is 6.92 Å². The summed E-state index contributed by atoms with van der Waals surface area (Å²) in [5.41, 5.74) is 0.797. The lowest BCUT2D eigenvalue weighted by Crippen LogP contribution is -2.42. The predicted octanol–water partition coefficient (Wildman–Crippen LogP) is 0.890. The highest BCUT2D eigenvalue weighted by Gasteiger charge is 2.23. The molecule has 20 heavy (non-hydrogen) atoms. The minimum atomic E-state index is -0.414. The smallest absolute Gasteiger partial charge is 0.180 e. The predicted molar refractivity (Wildman–Crippen MR) is 74.7 cm³/mol. The molecule has 0 saturated carbocycles. The van der Waals surface area contributed by atoms with Crippen molar-refractivity contribution in [2.24, 2.45) is 0 Å². The maximum Gasteiger partial charge on any atom is 0.180 e. The van der Waals surface area contributed by atoms with E-state index in [0.29, 0.717) is 19.7 Å². The standard InChI is InChI=1S/C13H16N6O/c1-2-15-11-9-18-4-3-16-12(18)13(17-11)19-5-6-20-10(7-14)8-19/h3-4,9-10,15H,2,5-6,8H2,1H3. The summed E-state index contributed by atoms with van der Waals surface area (Å²) in [6.45, 7) is 4.58. The molecule has 7 nitrogen and oxygen atoms in total. The summed E-state index contributed by atoms with van der Waals surface area (Å²) < 4.78 is 7.32. The second-order valence-corrected chi connectivity index (χ2v) is 4.57. The molecule has 1 saturated heterocycles. The Labute approximate surface area is 116 Å². The van der Waals surface area contributed by atoms with Crippen LogP contribution < -0.4 is 10.2 Å². The summed E-state index contributed by atoms with van der Waals surface area (Å²) in [5.74, 6) is 1.59. The fourth-order valence-corrected chi connectivity index (χ4v) is 2.31. The monoisotopic (exact) mass is 272 g/mol. The Kier molecular flexibility index (Phi) is 3.39. The minimum absolute atomic E-state index is 0.414. The lowest BCUT2D eigenvalue weighted by Gasteiger charge is -2.30. The highest BCUT2D eigenvalue weighted by molar-refractivity contribution is 5.67. The van der Waals surface area contributed by atoms with Crippen molar-refractivity contribution in [1.82, 2.24) is 14.4 Å². The van der Waals surface area contributed by atoms with Gasteiger partial charge < -0.3 is 19.4 Å². The number of morpholine rings is 1. The minimum Gasteiger partial charge on any atom is -0.369 e. The van der Waals surface area contributed by atoms with Crippen molar-refractivity contribution in [2.45, 2.75) is 13.0 Å². The number of anilines is 2. The largest absolute Gasteiger partial charge is 0.369 e. The third-order valence-electron chi connectivity index (χ3n) is 3.22. The second kappa shape index (κ2) is 5.35. The molecule has 0 radical (unpaired) electrons. The number of hydrogen-bond donors (Lipinski definition) is 1. The lowest BCUT2D eigenvalue weighted by molar-refractivity contribution is 0.0762. The van der Waals surface area contributed by atoms with Crippen LogP contribution in [0.25, 0.3) is 5.65 Å². The van der Waals surface area contributed by atoms with E-state index >= 15 is 0 Å². The Morgan fingerprint density at radius 1 is 1.60 bits per heavy atom. The van der Waals surface area contributed by atoms with Crippen LogP contribution in [-0.4, -0.2) is 46.7 Å². The van der Waals surface area contributed by atoms with Gasteiger partial charge in [0.1, 0.15) is 5.82 Å². The Balaban J connectivity index is 2.00. The third-order valence-corrected chi connectivity index (χ3v) is 3.22. The molecule has 1 unspecified atom stereocenters. The van der Waals surface area contributed by atoms with Gasteiger partial charge in [-0.25, -0.2) is 9.97 Å². The molecule has 1 aliphatic rings. The first-order valence-electron chi connectivity index (χ1n) is 6.65. The molecule has 3 heterocycles. The number of nitrogens with zero attached hydrogens (tertiary/aromatic N) is 5. The van der Waals surface area contributed by atoms with Crippen molar-refractivity contribution < 1.29 is 4.74 Å². The maximum atomic E-state index is 9.01. The van der Waals surface area contributed by atoms with Gasteiger partial charge in [0, 0.05) is 25.5 Å². The van der Waals surface area contributed by atoms with Gasteiger partial charge in [0.15, 0.2) is 17.6 Å². The van der Waals surface area contributed by atoms with Gasteiger partial charge in [-0.1, -0.05) is 0 Å². The molecule has 2 aromatic rings. The van der Waals surface area contributed by atoms with Crippen molar-refractivity contribution in [3.05, 3.63) is 18.6 Å². The molecular weight excluding hydrogens is 256 g/mol. The summed E-state index contributed by atoms with van der Waals surface area (Å²) in [7, 11) is 0. The van der Waals surface area contributed by atoms with Crippen LogP contribution in [0.2, 0.25) is 0 Å². The number of nitrogens with one attached hydrogen (secondary N) is 1. The molecule has 1 fully saturated rings. The van der Waals surface area contributed by atoms with Gasteiger partial charge in [0.2, 0.25) is 0 Å². The quantitative estimate of drug-likeness (QED) is 0.894. The summed E-state index contributed by atoms with van der Waals surface area (Å²) in [6, 6.07) is 2.15. The van der Waals surface area contributed by atoms with E-state index in [4.69, 9.17) is 10.00 Å². The van der Waals surface area contributed by atoms with Crippen molar-refractivity contribution in [2.75, 3.05) is 36.5 Å². The number of rotatable bonds is 3. The van der Waals surface area contributed by atoms with E-state index in [2.05, 4.69) is 26.3 Å². The highest BCUT2D eigenvalue weighted by atomic mass is 16.5. The molecule has 0 aliphatic carbocycles. The summed E-state index contributed by atoms with van der Waals surface area (Å²) in [4.78, 5) is 11.0. The normalized spacial score (nSPS) is 19.0. The van der Waals surface area contributed by atoms with Crippen LogP contribution in [0.3, 0.4) is 0 Å². The van der Waals surface area contributed by atoms with Crippen LogP contribution in [0, 0.1) is 11.3 Å². The molecular formula is C13H16N6O. The van der Waals surface area contributed by atoms with E-state index in [1.807, 2.05) is 23.7 Å². The van der Waals surface area contributed by atoms with Crippen molar-refractivity contribution in [3.63, 3.8) is 0 Å². The molecule has 3 rings (SSSR count). The summed E-state index contributed by atoms with van der Waals surface area (Å²) >= 11 is 0. The maximum absolute atomic E-state index is 9.01. The van der Waals surface area contributed by atoms with Crippen LogP contribution >= 0.6 is 0 Å². The molecule has 1 N–H and O–H groups in total. The van der Waals surface area contributed by atoms with Crippen LogP contribution in [0.5, 0.6) is 0 Å². The SMILES string of the molecule is CCNc1cn2ccnc2c(N2CCOC(C#N)C2)n1. The molecule has 0 spiro atoms. The zero-order chi connectivity index (χ0) is 13.9. The Morgan fingerprint density at radius 2 is 2.50 bits per heavy atom. The molecule has 7 heteroatoms. The van der Waals surface area contributed by atoms with Crippen molar-refractivity contribution in [1.29, 1.82) is 5.26 Å². The van der Waals surface area contributed by atoms with Gasteiger partial charge in [-0.05, 0) is 6.92 Å². The van der Waals surface area contributed by atoms with Crippen LogP contribution in [-0.2, 0) is 4.74 Å². The molecule has 1 atom stereocenters. The number of hydrogen-bond acceptors (Lipinski definition) is 6. The number of imidazole rings is 1. The Hall–Kier alpha value is -2.33. The van der Waals surface area contributed by atoms with Gasteiger partial charge in [0.25, 0.3) is 0 Å². The van der Waals surface area contributed by atoms with E-state index in [1.54, 1.807) is 6.20 Å². The van der Waals surface area contributed by atoms with Crippen molar-refractivity contribution >= 4 is 17.3 Å². The Bertz CT molecular complexity index is 646. The van der Waals surface area contributed by atoms with Crippen LogP contribution in [0.4, 0.5) is 11.6 Å². The number of fused-ring (bicyclic) bond motifs is 1. The van der Waals surface area contributed by atoms with Gasteiger partial charge >= 0.3 is 0 Å². The molecule has 0 aromatic carbocycles. The fourth-order valence-electron chi connectivity index (χ4n) is 2.31. The van der Waals surface area contributed by atoms with Gasteiger partial charge in [-0.2, -0.15) is 5.26 Å². The second-order valence-electron chi connectivity index (χ2n) is 4.57. The van der Waals surface area contributed by atoms with Gasteiger partial charge in [-0.3, -0.25) is 0 Å². The first kappa shape index (κ1) is 12.7. The lowest BCUT2D eigenvalue weighted by atomic mass is 10.3. The summed E-state index contributed by atoms with van der Waals surface area (Å²) in [6.07, 6.45) is 5.14. The van der Waals surface area contributed by atoms with E-state index < -0.39 is 6.10 Å². The molecule has 104 valence electrons. The van der Waals surface area contributed by atoms with Gasteiger partial charge in [0.05, 0.1) is 25.4 Å². The average Bonchev–Trinajstić information content (AvgIpc) is 2.95. The van der Waals surface area contributed by atoms with E-state index in [9.17, 15) is 0 Å². The number of aromatic nitrogens is 3. The summed E-state index contributed by atoms with van der Waals surface area (Å²) in [5, 5.41) is 12.2. The zero-order valence-electron chi connectivity index (χ0n) is 11.3. The third kappa shape index (κ3) is 2.26. The number of nitriles is 1. The molecule has 0 amide bonds. The molecule has 2 aromatic heterocycles. The van der Waals surface area contributed by atoms with Gasteiger partial charge in [-0.15, -0.1) is 0 Å². The molecule has 0 bridgehead atoms. The fraction of sp³-hybridized carbons (Fsp3) is 0.462.